The van der Waals surface area contributed by atoms with E-state index in [1.54, 1.807) is 12.1 Å². The van der Waals surface area contributed by atoms with Crippen LogP contribution < -0.4 is 4.90 Å². The Hall–Kier alpha value is -4.01. The van der Waals surface area contributed by atoms with Crippen molar-refractivity contribution in [2.75, 3.05) is 37.6 Å². The normalized spacial score (nSPS) is 15.2. The summed E-state index contributed by atoms with van der Waals surface area (Å²) in [6.45, 7) is 8.91. The Morgan fingerprint density at radius 1 is 1.00 bits per heavy atom. The summed E-state index contributed by atoms with van der Waals surface area (Å²) in [7, 11) is 0. The van der Waals surface area contributed by atoms with Gasteiger partial charge < -0.3 is 15.0 Å². The molecule has 1 saturated heterocycles. The highest BCUT2D eigenvalue weighted by Crippen LogP contribution is 2.33. The molecule has 0 bridgehead atoms. The first-order valence-corrected chi connectivity index (χ1v) is 13.4. The van der Waals surface area contributed by atoms with Gasteiger partial charge >= 0.3 is 0 Å². The zero-order valence-electron chi connectivity index (χ0n) is 22.3. The number of aliphatic hydroxyl groups is 1. The molecule has 1 atom stereocenters. The summed E-state index contributed by atoms with van der Waals surface area (Å²) in [6.07, 6.45) is 5.62. The van der Waals surface area contributed by atoms with Crippen LogP contribution in [-0.2, 0) is 6.54 Å². The van der Waals surface area contributed by atoms with Crippen LogP contribution in [0.25, 0.3) is 33.3 Å². The van der Waals surface area contributed by atoms with Crippen molar-refractivity contribution in [1.82, 2.24) is 24.6 Å². The van der Waals surface area contributed by atoms with E-state index in [4.69, 9.17) is 10.1 Å². The number of halogens is 1. The lowest BCUT2D eigenvalue weighted by atomic mass is 10.0. The summed E-state index contributed by atoms with van der Waals surface area (Å²) in [4.78, 5) is 12.7. The molecule has 0 aliphatic carbocycles. The van der Waals surface area contributed by atoms with E-state index in [0.29, 0.717) is 6.54 Å². The molecule has 6 rings (SSSR count). The maximum Gasteiger partial charge on any atom is 0.137 e. The zero-order chi connectivity index (χ0) is 26.9. The number of hydrogen-bond donors (Lipinski definition) is 2. The van der Waals surface area contributed by atoms with Gasteiger partial charge in [0.05, 0.1) is 18.3 Å². The first-order valence-electron chi connectivity index (χ1n) is 13.4. The summed E-state index contributed by atoms with van der Waals surface area (Å²) >= 11 is 0. The minimum atomic E-state index is -0.289. The van der Waals surface area contributed by atoms with Gasteiger partial charge in [0.1, 0.15) is 11.5 Å². The van der Waals surface area contributed by atoms with Crippen molar-refractivity contribution < 1.29 is 9.50 Å². The van der Waals surface area contributed by atoms with E-state index in [0.717, 1.165) is 77.3 Å². The SMILES string of the molecule is Cc1nn(Cc2cccc(F)c2)cc1-c1c[nH]c2ncc(-c3ccc(N4CCN(C[C@H](C)O)CC4)cc3)cc12. The second-order valence-corrected chi connectivity index (χ2v) is 10.5. The van der Waals surface area contributed by atoms with E-state index in [1.807, 2.05) is 43.2 Å². The molecule has 0 radical (unpaired) electrons. The van der Waals surface area contributed by atoms with E-state index in [-0.39, 0.29) is 11.9 Å². The molecule has 2 aromatic carbocycles. The van der Waals surface area contributed by atoms with E-state index in [1.165, 1.54) is 11.8 Å². The predicted molar refractivity (Wildman–Crippen MR) is 153 cm³/mol. The minimum absolute atomic E-state index is 0.241. The second-order valence-electron chi connectivity index (χ2n) is 10.5. The van der Waals surface area contributed by atoms with Gasteiger partial charge in [-0.15, -0.1) is 0 Å². The van der Waals surface area contributed by atoms with Gasteiger partial charge in [0.25, 0.3) is 0 Å². The Bertz CT molecular complexity index is 1580. The summed E-state index contributed by atoms with van der Waals surface area (Å²) in [5.41, 5.74) is 8.09. The van der Waals surface area contributed by atoms with Crippen molar-refractivity contribution >= 4 is 16.7 Å². The number of pyridine rings is 1. The molecule has 3 aromatic heterocycles. The maximum absolute atomic E-state index is 13.6. The number of aromatic amines is 1. The first-order chi connectivity index (χ1) is 18.9. The molecule has 1 aliphatic heterocycles. The third-order valence-corrected chi connectivity index (χ3v) is 7.46. The molecule has 200 valence electrons. The zero-order valence-corrected chi connectivity index (χ0v) is 22.3. The molecule has 4 heterocycles. The molecule has 1 aliphatic rings. The van der Waals surface area contributed by atoms with Gasteiger partial charge in [-0.3, -0.25) is 9.58 Å². The standard InChI is InChI=1S/C31H33FN6O/c1-21(39)18-36-10-12-37(13-11-36)27-8-6-24(7-9-27)25-15-28-29(17-34-31(28)33-16-25)30-20-38(35-22(30)2)19-23-4-3-5-26(32)14-23/h3-9,14-17,20-21,39H,10-13,18-19H2,1-2H3,(H,33,34)/t21-/m0/s1. The number of aromatic nitrogens is 4. The van der Waals surface area contributed by atoms with E-state index in [2.05, 4.69) is 45.1 Å². The van der Waals surface area contributed by atoms with Crippen molar-refractivity contribution in [2.24, 2.45) is 0 Å². The Morgan fingerprint density at radius 3 is 2.54 bits per heavy atom. The third kappa shape index (κ3) is 5.44. The van der Waals surface area contributed by atoms with Gasteiger partial charge in [0.15, 0.2) is 0 Å². The molecule has 0 amide bonds. The van der Waals surface area contributed by atoms with Gasteiger partial charge in [0, 0.05) is 79.1 Å². The number of nitrogens with zero attached hydrogens (tertiary/aromatic N) is 5. The van der Waals surface area contributed by atoms with Gasteiger partial charge in [-0.2, -0.15) is 5.10 Å². The van der Waals surface area contributed by atoms with Crippen LogP contribution in [0.5, 0.6) is 0 Å². The van der Waals surface area contributed by atoms with Crippen LogP contribution >= 0.6 is 0 Å². The number of hydrogen-bond acceptors (Lipinski definition) is 5. The Kier molecular flexibility index (Phi) is 6.89. The molecule has 0 saturated carbocycles. The maximum atomic E-state index is 13.6. The van der Waals surface area contributed by atoms with Crippen molar-refractivity contribution in [1.29, 1.82) is 0 Å². The molecule has 7 nitrogen and oxygen atoms in total. The average Bonchev–Trinajstić information content (AvgIpc) is 3.51. The topological polar surface area (TPSA) is 73.2 Å². The van der Waals surface area contributed by atoms with Crippen molar-refractivity contribution in [2.45, 2.75) is 26.5 Å². The molecule has 0 unspecified atom stereocenters. The smallest absolute Gasteiger partial charge is 0.137 e. The van der Waals surface area contributed by atoms with E-state index >= 15 is 0 Å². The van der Waals surface area contributed by atoms with Crippen LogP contribution in [-0.4, -0.2) is 68.6 Å². The number of rotatable bonds is 7. The highest BCUT2D eigenvalue weighted by atomic mass is 19.1. The molecule has 1 fully saturated rings. The van der Waals surface area contributed by atoms with Crippen LogP contribution in [0.1, 0.15) is 18.2 Å². The van der Waals surface area contributed by atoms with Gasteiger partial charge in [0.2, 0.25) is 0 Å². The third-order valence-electron chi connectivity index (χ3n) is 7.46. The Labute approximate surface area is 227 Å². The van der Waals surface area contributed by atoms with Crippen molar-refractivity contribution in [3.05, 3.63) is 90.3 Å². The van der Waals surface area contributed by atoms with Crippen LogP contribution in [0.4, 0.5) is 10.1 Å². The van der Waals surface area contributed by atoms with Gasteiger partial charge in [-0.25, -0.2) is 9.37 Å². The second kappa shape index (κ2) is 10.6. The fraction of sp³-hybridized carbons (Fsp3) is 0.290. The number of β-amino-alcohol motifs (C(OH)–C–C–N with tert-alkyl or cyclic N) is 1. The number of benzene rings is 2. The highest BCUT2D eigenvalue weighted by molar-refractivity contribution is 5.96. The molecular weight excluding hydrogens is 491 g/mol. The molecule has 39 heavy (non-hydrogen) atoms. The number of aryl methyl sites for hydroxylation is 1. The number of H-pyrrole nitrogens is 1. The lowest BCUT2D eigenvalue weighted by molar-refractivity contribution is 0.123. The summed E-state index contributed by atoms with van der Waals surface area (Å²) in [5.74, 6) is -0.241. The Morgan fingerprint density at radius 2 is 1.79 bits per heavy atom. The summed E-state index contributed by atoms with van der Waals surface area (Å²) < 4.78 is 15.5. The minimum Gasteiger partial charge on any atom is -0.392 e. The molecule has 8 heteroatoms. The average molecular weight is 525 g/mol. The summed E-state index contributed by atoms with van der Waals surface area (Å²) in [6, 6.07) is 17.5. The van der Waals surface area contributed by atoms with Crippen LogP contribution in [0.15, 0.2) is 73.2 Å². The number of aliphatic hydroxyl groups excluding tert-OH is 1. The predicted octanol–water partition coefficient (Wildman–Crippen LogP) is 5.09. The summed E-state index contributed by atoms with van der Waals surface area (Å²) in [5, 5.41) is 15.4. The molecular formula is C31H33FN6O. The van der Waals surface area contributed by atoms with E-state index < -0.39 is 0 Å². The number of anilines is 1. The van der Waals surface area contributed by atoms with E-state index in [9.17, 15) is 9.50 Å². The van der Waals surface area contributed by atoms with Crippen molar-refractivity contribution in [3.8, 4) is 22.3 Å². The van der Waals surface area contributed by atoms with Gasteiger partial charge in [-0.05, 0) is 55.3 Å². The largest absolute Gasteiger partial charge is 0.392 e. The van der Waals surface area contributed by atoms with Crippen LogP contribution in [0, 0.1) is 12.7 Å². The van der Waals surface area contributed by atoms with Gasteiger partial charge in [-0.1, -0.05) is 24.3 Å². The quantitative estimate of drug-likeness (QED) is 0.310. The fourth-order valence-corrected chi connectivity index (χ4v) is 5.50. The Balaban J connectivity index is 1.22. The number of nitrogens with one attached hydrogen (secondary N) is 1. The molecule has 2 N–H and O–H groups in total. The first kappa shape index (κ1) is 25.3. The lowest BCUT2D eigenvalue weighted by Gasteiger charge is -2.36. The molecule has 5 aromatic rings. The lowest BCUT2D eigenvalue weighted by Crippen LogP contribution is -2.48. The number of piperazine rings is 1. The molecule has 0 spiro atoms. The van der Waals surface area contributed by atoms with Crippen LogP contribution in [0.2, 0.25) is 0 Å². The fourth-order valence-electron chi connectivity index (χ4n) is 5.50. The van der Waals surface area contributed by atoms with Crippen molar-refractivity contribution in [3.63, 3.8) is 0 Å². The highest BCUT2D eigenvalue weighted by Gasteiger charge is 2.19. The number of fused-ring (bicyclic) bond motifs is 1. The monoisotopic (exact) mass is 524 g/mol. The van der Waals surface area contributed by atoms with Crippen LogP contribution in [0.3, 0.4) is 0 Å².